The Morgan fingerprint density at radius 2 is 1.79 bits per heavy atom. The third-order valence-corrected chi connectivity index (χ3v) is 5.36. The SMILES string of the molecule is CCNC(=NCc1c(O)ccc2c1CCCC2)NCC(C)(O)c1ccccc1.I. The third-order valence-electron chi connectivity index (χ3n) is 5.36. The van der Waals surface area contributed by atoms with Crippen LogP contribution in [0, 0.1) is 0 Å². The van der Waals surface area contributed by atoms with E-state index < -0.39 is 5.60 Å². The zero-order chi connectivity index (χ0) is 20.0. The number of nitrogens with zero attached hydrogens (tertiary/aromatic N) is 1. The van der Waals surface area contributed by atoms with Crippen molar-refractivity contribution >= 4 is 29.9 Å². The van der Waals surface area contributed by atoms with Crippen molar-refractivity contribution in [2.45, 2.75) is 51.7 Å². The van der Waals surface area contributed by atoms with E-state index in [9.17, 15) is 10.2 Å². The van der Waals surface area contributed by atoms with Crippen molar-refractivity contribution in [2.75, 3.05) is 13.1 Å². The van der Waals surface area contributed by atoms with Crippen molar-refractivity contribution < 1.29 is 10.2 Å². The van der Waals surface area contributed by atoms with Crippen LogP contribution in [0.25, 0.3) is 0 Å². The number of aliphatic imine (C=N–C) groups is 1. The number of aryl methyl sites for hydroxylation is 1. The standard InChI is InChI=1S/C23H31N3O2.HI/c1-3-24-22(26-16-23(2,28)18-10-5-4-6-11-18)25-15-20-19-12-8-7-9-17(19)13-14-21(20)27;/h4-6,10-11,13-14,27-28H,3,7-9,12,15-16H2,1-2H3,(H2,24,25,26);1H. The van der Waals surface area contributed by atoms with Crippen LogP contribution in [0.1, 0.15) is 48.9 Å². The first-order valence-corrected chi connectivity index (χ1v) is 10.1. The van der Waals surface area contributed by atoms with Crippen LogP contribution in [-0.2, 0) is 25.0 Å². The number of halogens is 1. The van der Waals surface area contributed by atoms with E-state index >= 15 is 0 Å². The molecule has 0 heterocycles. The maximum Gasteiger partial charge on any atom is 0.191 e. The summed E-state index contributed by atoms with van der Waals surface area (Å²) in [6.07, 6.45) is 4.44. The average Bonchev–Trinajstić information content (AvgIpc) is 2.72. The van der Waals surface area contributed by atoms with E-state index in [4.69, 9.17) is 0 Å². The zero-order valence-corrected chi connectivity index (χ0v) is 19.6. The fraction of sp³-hybridized carbons (Fsp3) is 0.435. The van der Waals surface area contributed by atoms with Gasteiger partial charge in [0.05, 0.1) is 13.1 Å². The molecule has 6 heteroatoms. The van der Waals surface area contributed by atoms with Gasteiger partial charge in [0.2, 0.25) is 0 Å². The van der Waals surface area contributed by atoms with Crippen molar-refractivity contribution in [1.29, 1.82) is 0 Å². The van der Waals surface area contributed by atoms with E-state index in [-0.39, 0.29) is 24.0 Å². The molecule has 0 bridgehead atoms. The highest BCUT2D eigenvalue weighted by atomic mass is 127. The van der Waals surface area contributed by atoms with Crippen molar-refractivity contribution in [3.05, 3.63) is 64.7 Å². The summed E-state index contributed by atoms with van der Waals surface area (Å²) >= 11 is 0. The molecule has 0 aromatic heterocycles. The minimum atomic E-state index is -1.01. The lowest BCUT2D eigenvalue weighted by molar-refractivity contribution is 0.0617. The van der Waals surface area contributed by atoms with Crippen molar-refractivity contribution in [1.82, 2.24) is 10.6 Å². The van der Waals surface area contributed by atoms with Crippen LogP contribution in [0.5, 0.6) is 5.75 Å². The molecular weight excluding hydrogens is 477 g/mol. The number of phenolic OH excluding ortho intramolecular Hbond substituents is 1. The molecule has 0 saturated carbocycles. The van der Waals surface area contributed by atoms with E-state index in [1.807, 2.05) is 43.3 Å². The first-order valence-electron chi connectivity index (χ1n) is 10.1. The van der Waals surface area contributed by atoms with E-state index in [0.29, 0.717) is 24.8 Å². The number of rotatable bonds is 6. The van der Waals surface area contributed by atoms with Gasteiger partial charge in [-0.1, -0.05) is 36.4 Å². The van der Waals surface area contributed by atoms with Gasteiger partial charge in [-0.15, -0.1) is 24.0 Å². The Morgan fingerprint density at radius 3 is 2.52 bits per heavy atom. The topological polar surface area (TPSA) is 76.9 Å². The van der Waals surface area contributed by atoms with Crippen LogP contribution in [0.2, 0.25) is 0 Å². The number of phenols is 1. The number of hydrogen-bond donors (Lipinski definition) is 4. The average molecular weight is 509 g/mol. The summed E-state index contributed by atoms with van der Waals surface area (Å²) in [4.78, 5) is 4.67. The summed E-state index contributed by atoms with van der Waals surface area (Å²) in [7, 11) is 0. The normalized spacial score (nSPS) is 15.6. The highest BCUT2D eigenvalue weighted by Crippen LogP contribution is 2.31. The molecule has 0 aliphatic heterocycles. The molecule has 2 aromatic carbocycles. The summed E-state index contributed by atoms with van der Waals surface area (Å²) in [5, 5.41) is 27.6. The smallest absolute Gasteiger partial charge is 0.191 e. The van der Waals surface area contributed by atoms with Gasteiger partial charge in [-0.25, -0.2) is 4.99 Å². The summed E-state index contributed by atoms with van der Waals surface area (Å²) in [6, 6.07) is 13.4. The molecule has 158 valence electrons. The second kappa shape index (κ2) is 10.8. The number of fused-ring (bicyclic) bond motifs is 1. The molecule has 1 atom stereocenters. The number of guanidine groups is 1. The van der Waals surface area contributed by atoms with Crippen molar-refractivity contribution in [2.24, 2.45) is 4.99 Å². The lowest BCUT2D eigenvalue weighted by Crippen LogP contribution is -2.44. The van der Waals surface area contributed by atoms with Gasteiger partial charge in [0.15, 0.2) is 5.96 Å². The molecule has 3 rings (SSSR count). The number of aliphatic hydroxyl groups is 1. The first-order chi connectivity index (χ1) is 13.5. The lowest BCUT2D eigenvalue weighted by atomic mass is 9.88. The molecule has 0 radical (unpaired) electrons. The predicted molar refractivity (Wildman–Crippen MR) is 129 cm³/mol. The Balaban J connectivity index is 0.00000300. The van der Waals surface area contributed by atoms with Gasteiger partial charge >= 0.3 is 0 Å². The summed E-state index contributed by atoms with van der Waals surface area (Å²) in [5.41, 5.74) is 3.35. The van der Waals surface area contributed by atoms with Gasteiger partial charge in [-0.3, -0.25) is 0 Å². The minimum absolute atomic E-state index is 0. The van der Waals surface area contributed by atoms with Crippen molar-refractivity contribution in [3.63, 3.8) is 0 Å². The second-order valence-corrected chi connectivity index (χ2v) is 7.60. The molecule has 29 heavy (non-hydrogen) atoms. The Morgan fingerprint density at radius 1 is 1.07 bits per heavy atom. The molecule has 0 saturated heterocycles. The molecule has 5 nitrogen and oxygen atoms in total. The van der Waals surface area contributed by atoms with Crippen LogP contribution < -0.4 is 10.6 Å². The van der Waals surface area contributed by atoms with Gasteiger partial charge in [-0.05, 0) is 62.3 Å². The minimum Gasteiger partial charge on any atom is -0.508 e. The van der Waals surface area contributed by atoms with Crippen LogP contribution in [0.3, 0.4) is 0 Å². The van der Waals surface area contributed by atoms with E-state index in [2.05, 4.69) is 15.6 Å². The highest BCUT2D eigenvalue weighted by molar-refractivity contribution is 14.0. The molecule has 1 aliphatic carbocycles. The molecule has 4 N–H and O–H groups in total. The molecule has 1 unspecified atom stereocenters. The third kappa shape index (κ3) is 6.09. The highest BCUT2D eigenvalue weighted by Gasteiger charge is 2.23. The van der Waals surface area contributed by atoms with Gasteiger partial charge in [-0.2, -0.15) is 0 Å². The number of hydrogen-bond acceptors (Lipinski definition) is 3. The maximum absolute atomic E-state index is 10.8. The molecular formula is C23H32IN3O2. The molecule has 0 fully saturated rings. The zero-order valence-electron chi connectivity index (χ0n) is 17.2. The fourth-order valence-electron chi connectivity index (χ4n) is 3.72. The van der Waals surface area contributed by atoms with Crippen LogP contribution in [-0.4, -0.2) is 29.3 Å². The molecule has 0 spiro atoms. The van der Waals surface area contributed by atoms with E-state index in [1.165, 1.54) is 17.5 Å². The number of aromatic hydroxyl groups is 1. The largest absolute Gasteiger partial charge is 0.508 e. The maximum atomic E-state index is 10.8. The molecule has 0 amide bonds. The second-order valence-electron chi connectivity index (χ2n) is 7.60. The van der Waals surface area contributed by atoms with E-state index in [1.54, 1.807) is 13.0 Å². The van der Waals surface area contributed by atoms with Gasteiger partial charge in [0.1, 0.15) is 11.4 Å². The number of nitrogens with one attached hydrogen (secondary N) is 2. The molecule has 2 aromatic rings. The Bertz CT molecular complexity index is 822. The van der Waals surface area contributed by atoms with Crippen LogP contribution in [0.4, 0.5) is 0 Å². The van der Waals surface area contributed by atoms with E-state index in [0.717, 1.165) is 36.9 Å². The van der Waals surface area contributed by atoms with Gasteiger partial charge in [0.25, 0.3) is 0 Å². The monoisotopic (exact) mass is 509 g/mol. The lowest BCUT2D eigenvalue weighted by Gasteiger charge is -2.25. The quantitative estimate of drug-likeness (QED) is 0.271. The molecule has 1 aliphatic rings. The van der Waals surface area contributed by atoms with Gasteiger partial charge in [0, 0.05) is 12.1 Å². The van der Waals surface area contributed by atoms with Crippen molar-refractivity contribution in [3.8, 4) is 5.75 Å². The Kier molecular flexibility index (Phi) is 8.77. The predicted octanol–water partition coefficient (Wildman–Crippen LogP) is 3.85. The summed E-state index contributed by atoms with van der Waals surface area (Å²) < 4.78 is 0. The Hall–Kier alpha value is -1.80. The Labute approximate surface area is 190 Å². The number of benzene rings is 2. The van der Waals surface area contributed by atoms with Gasteiger partial charge < -0.3 is 20.8 Å². The summed E-state index contributed by atoms with van der Waals surface area (Å²) in [5.74, 6) is 0.947. The summed E-state index contributed by atoms with van der Waals surface area (Å²) in [6.45, 7) is 5.27. The first kappa shape index (κ1) is 23.5. The fourth-order valence-corrected chi connectivity index (χ4v) is 3.72. The van der Waals surface area contributed by atoms with Crippen LogP contribution >= 0.6 is 24.0 Å². The van der Waals surface area contributed by atoms with Crippen LogP contribution in [0.15, 0.2) is 47.5 Å².